The van der Waals surface area contributed by atoms with Crippen molar-refractivity contribution in [3.05, 3.63) is 168 Å². The Balaban J connectivity index is 1.48. The summed E-state index contributed by atoms with van der Waals surface area (Å²) in [4.78, 5) is 9.27. The number of benzene rings is 5. The Morgan fingerprint density at radius 2 is 0.583 bits per heavy atom. The first-order valence-corrected chi connectivity index (χ1v) is 11.9. The molecule has 0 atom stereocenters. The molecule has 0 bridgehead atoms. The maximum Gasteiger partial charge on any atom is 0.0731 e. The summed E-state index contributed by atoms with van der Waals surface area (Å²) in [5.41, 5.74) is 7.85. The van der Waals surface area contributed by atoms with Crippen molar-refractivity contribution in [1.82, 2.24) is 0 Å². The maximum absolute atomic E-state index is 4.64. The van der Waals surface area contributed by atoms with E-state index < -0.39 is 0 Å². The third-order valence-corrected chi connectivity index (χ3v) is 5.69. The Kier molecular flexibility index (Phi) is 7.23. The number of aliphatic imine (C=N–C) groups is 2. The van der Waals surface area contributed by atoms with Gasteiger partial charge >= 0.3 is 0 Å². The van der Waals surface area contributed by atoms with Crippen molar-refractivity contribution >= 4 is 34.3 Å². The van der Waals surface area contributed by atoms with Gasteiger partial charge in [-0.25, -0.2) is 9.98 Å². The van der Waals surface area contributed by atoms with Crippen molar-refractivity contribution in [3.8, 4) is 0 Å². The molecule has 0 fully saturated rings. The molecule has 0 spiro atoms. The summed E-state index contributed by atoms with van der Waals surface area (Å²) in [6, 6.07) is 48.7. The van der Waals surface area contributed by atoms with E-state index in [4.69, 9.17) is 0 Å². The van der Waals surface area contributed by atoms with E-state index in [1.165, 1.54) is 0 Å². The molecule has 0 amide bonds. The van der Waals surface area contributed by atoms with Gasteiger partial charge in [-0.2, -0.15) is 0 Å². The normalized spacial score (nSPS) is 10.0. The number of hydrogen-bond donors (Lipinski definition) is 0. The molecular weight excluding hydrogens is 436 g/mol. The smallest absolute Gasteiger partial charge is 0.0731 e. The molecule has 0 unspecified atom stereocenters. The summed E-state index contributed by atoms with van der Waals surface area (Å²) < 4.78 is 0. The third-order valence-electron chi connectivity index (χ3n) is 5.69. The van der Waals surface area contributed by atoms with Crippen LogP contribution in [0.15, 0.2) is 156 Å². The number of nitrogens with zero attached hydrogens (tertiary/aromatic N) is 2. The van der Waals surface area contributed by atoms with E-state index >= 15 is 0 Å². The van der Waals surface area contributed by atoms with Crippen molar-refractivity contribution in [2.45, 2.75) is 0 Å². The molecule has 2 heteroatoms. The third kappa shape index (κ3) is 5.73. The first kappa shape index (κ1) is 22.8. The average Bonchev–Trinajstić information content (AvgIpc) is 2.96. The molecule has 0 aliphatic carbocycles. The summed E-state index contributed by atoms with van der Waals surface area (Å²) in [7, 11) is 0. The van der Waals surface area contributed by atoms with E-state index in [1.807, 2.05) is 97.1 Å². The lowest BCUT2D eigenvalue weighted by atomic mass is 9.99. The summed E-state index contributed by atoms with van der Waals surface area (Å²) in [6.07, 6.45) is 0. The van der Waals surface area contributed by atoms with Gasteiger partial charge in [0.25, 0.3) is 0 Å². The summed E-state index contributed by atoms with van der Waals surface area (Å²) in [5, 5.41) is 0. The number of rotatable bonds is 6. The first-order chi connectivity index (χ1) is 17.9. The van der Waals surface area contributed by atoms with Crippen molar-refractivity contribution in [3.63, 3.8) is 0 Å². The fraction of sp³-hybridized carbons (Fsp3) is 0. The van der Waals surface area contributed by atoms with Gasteiger partial charge in [-0.15, -0.1) is 0 Å². The second-order valence-electron chi connectivity index (χ2n) is 8.18. The van der Waals surface area contributed by atoms with Crippen LogP contribution in [-0.4, -0.2) is 11.7 Å². The fourth-order valence-electron chi connectivity index (χ4n) is 3.85. The van der Waals surface area contributed by atoms with E-state index in [1.54, 1.807) is 0 Å². The zero-order chi connectivity index (χ0) is 24.4. The zero-order valence-electron chi connectivity index (χ0n) is 19.8. The SMILES string of the molecule is C(=Nc1ccc(N=C=C(c2ccccc2)c2ccccc2)cc1)=C(c1ccccc1)c1ccccc1. The predicted octanol–water partition coefficient (Wildman–Crippen LogP) is 8.55. The van der Waals surface area contributed by atoms with Gasteiger partial charge in [-0.1, -0.05) is 121 Å². The second-order valence-corrected chi connectivity index (χ2v) is 8.18. The highest BCUT2D eigenvalue weighted by Gasteiger charge is 2.05. The number of hydrogen-bond acceptors (Lipinski definition) is 2. The summed E-state index contributed by atoms with van der Waals surface area (Å²) >= 11 is 0. The first-order valence-electron chi connectivity index (χ1n) is 11.9. The lowest BCUT2D eigenvalue weighted by Gasteiger charge is -2.05. The molecule has 0 N–H and O–H groups in total. The highest BCUT2D eigenvalue weighted by atomic mass is 14.7. The van der Waals surface area contributed by atoms with E-state index in [9.17, 15) is 0 Å². The molecule has 0 aliphatic rings. The minimum absolute atomic E-state index is 0.814. The van der Waals surface area contributed by atoms with Crippen LogP contribution in [0.4, 0.5) is 11.4 Å². The quantitative estimate of drug-likeness (QED) is 0.227. The Morgan fingerprint density at radius 1 is 0.333 bits per heavy atom. The molecule has 2 nitrogen and oxygen atoms in total. The van der Waals surface area contributed by atoms with E-state index in [2.05, 4.69) is 70.3 Å². The minimum atomic E-state index is 0.814. The van der Waals surface area contributed by atoms with Crippen LogP contribution in [0.1, 0.15) is 22.3 Å². The van der Waals surface area contributed by atoms with Crippen LogP contribution in [0.2, 0.25) is 0 Å². The van der Waals surface area contributed by atoms with Crippen molar-refractivity contribution in [1.29, 1.82) is 0 Å². The van der Waals surface area contributed by atoms with Gasteiger partial charge in [0, 0.05) is 0 Å². The lowest BCUT2D eigenvalue weighted by molar-refractivity contribution is 1.49. The molecule has 5 rings (SSSR count). The molecule has 170 valence electrons. The molecule has 5 aromatic carbocycles. The molecule has 0 saturated carbocycles. The van der Waals surface area contributed by atoms with Gasteiger partial charge < -0.3 is 0 Å². The van der Waals surface area contributed by atoms with Crippen LogP contribution in [0.5, 0.6) is 0 Å². The monoisotopic (exact) mass is 460 g/mol. The van der Waals surface area contributed by atoms with E-state index in [0.29, 0.717) is 0 Å². The Bertz CT molecular complexity index is 1330. The van der Waals surface area contributed by atoms with Crippen LogP contribution in [0.25, 0.3) is 11.1 Å². The van der Waals surface area contributed by atoms with Gasteiger partial charge in [0.05, 0.1) is 22.5 Å². The van der Waals surface area contributed by atoms with Gasteiger partial charge in [-0.3, -0.25) is 0 Å². The molecule has 0 saturated heterocycles. The average molecular weight is 461 g/mol. The molecule has 0 aromatic heterocycles. The Morgan fingerprint density at radius 3 is 0.833 bits per heavy atom. The largest absolute Gasteiger partial charge is 0.206 e. The van der Waals surface area contributed by atoms with Crippen LogP contribution >= 0.6 is 0 Å². The Hall–Kier alpha value is -5.00. The maximum atomic E-state index is 4.64. The topological polar surface area (TPSA) is 24.7 Å². The highest BCUT2D eigenvalue weighted by molar-refractivity contribution is 6.00. The van der Waals surface area contributed by atoms with Gasteiger partial charge in [0.15, 0.2) is 0 Å². The second kappa shape index (κ2) is 11.4. The zero-order valence-corrected chi connectivity index (χ0v) is 19.8. The molecule has 0 radical (unpaired) electrons. The van der Waals surface area contributed by atoms with Crippen molar-refractivity contribution in [2.75, 3.05) is 0 Å². The molecule has 36 heavy (non-hydrogen) atoms. The van der Waals surface area contributed by atoms with E-state index in [0.717, 1.165) is 44.8 Å². The molecule has 0 heterocycles. The summed E-state index contributed by atoms with van der Waals surface area (Å²) in [6.45, 7) is 0. The summed E-state index contributed by atoms with van der Waals surface area (Å²) in [5.74, 6) is 6.55. The van der Waals surface area contributed by atoms with Crippen LogP contribution in [-0.2, 0) is 0 Å². The standard InChI is InChI=1S/C34H24N2/c1-5-13-27(14-6-1)33(28-15-7-2-8-16-28)25-35-31-21-23-32(24-22-31)36-26-34(29-17-9-3-10-18-29)30-19-11-4-12-20-30/h1-24H. The van der Waals surface area contributed by atoms with Gasteiger partial charge in [0.1, 0.15) is 0 Å². The van der Waals surface area contributed by atoms with Crippen molar-refractivity contribution < 1.29 is 0 Å². The Labute approximate surface area is 212 Å². The fourth-order valence-corrected chi connectivity index (χ4v) is 3.85. The minimum Gasteiger partial charge on any atom is -0.206 e. The molecule has 0 aliphatic heterocycles. The van der Waals surface area contributed by atoms with Crippen LogP contribution < -0.4 is 0 Å². The molecular formula is C34H24N2. The van der Waals surface area contributed by atoms with Crippen molar-refractivity contribution in [2.24, 2.45) is 9.98 Å². The van der Waals surface area contributed by atoms with Crippen LogP contribution in [0.3, 0.4) is 0 Å². The van der Waals surface area contributed by atoms with Gasteiger partial charge in [-0.05, 0) is 58.3 Å². The lowest BCUT2D eigenvalue weighted by Crippen LogP contribution is -1.88. The highest BCUT2D eigenvalue weighted by Crippen LogP contribution is 2.24. The van der Waals surface area contributed by atoms with Gasteiger partial charge in [0.2, 0.25) is 0 Å². The predicted molar refractivity (Wildman–Crippen MR) is 151 cm³/mol. The van der Waals surface area contributed by atoms with Crippen LogP contribution in [0, 0.1) is 0 Å². The molecule has 5 aromatic rings. The van der Waals surface area contributed by atoms with E-state index in [-0.39, 0.29) is 0 Å².